The molecule has 5 nitrogen and oxygen atoms in total. The fraction of sp³-hybridized carbons (Fsp3) is 0.263. The van der Waals surface area contributed by atoms with Crippen LogP contribution in [0.1, 0.15) is 29.4 Å². The van der Waals surface area contributed by atoms with Crippen LogP contribution < -0.4 is 9.64 Å². The van der Waals surface area contributed by atoms with Gasteiger partial charge in [0.15, 0.2) is 0 Å². The van der Waals surface area contributed by atoms with E-state index in [-0.39, 0.29) is 18.4 Å². The number of carbonyl (C=O) groups is 2. The number of fused-ring (bicyclic) bond motifs is 2. The first kappa shape index (κ1) is 14.8. The molecule has 1 amide bonds. The molecule has 0 aliphatic carbocycles. The number of hydrogen-bond acceptors (Lipinski definition) is 3. The average Bonchev–Trinajstić information content (AvgIpc) is 3.00. The molecule has 0 fully saturated rings. The van der Waals surface area contributed by atoms with Gasteiger partial charge in [-0.15, -0.1) is 0 Å². The van der Waals surface area contributed by atoms with Crippen molar-refractivity contribution in [3.63, 3.8) is 0 Å². The maximum atomic E-state index is 13.2. The molecule has 0 saturated carbocycles. The van der Waals surface area contributed by atoms with Gasteiger partial charge in [0.1, 0.15) is 11.7 Å². The van der Waals surface area contributed by atoms with Gasteiger partial charge in [-0.05, 0) is 24.1 Å². The van der Waals surface area contributed by atoms with Gasteiger partial charge in [-0.2, -0.15) is 0 Å². The van der Waals surface area contributed by atoms with Crippen LogP contribution in [-0.2, 0) is 9.59 Å². The SMILES string of the molecule is O=C(O)[C@H]1CN(C(=O)[C@H]2CCOc3ccccc32)c2ccccc21. The summed E-state index contributed by atoms with van der Waals surface area (Å²) in [5, 5.41) is 9.47. The van der Waals surface area contributed by atoms with Crippen molar-refractivity contribution in [1.29, 1.82) is 0 Å². The Kier molecular flexibility index (Phi) is 3.49. The molecule has 122 valence electrons. The quantitative estimate of drug-likeness (QED) is 0.923. The summed E-state index contributed by atoms with van der Waals surface area (Å²) in [4.78, 5) is 26.3. The normalized spacial score (nSPS) is 21.6. The molecule has 2 heterocycles. The Hall–Kier alpha value is -2.82. The van der Waals surface area contributed by atoms with Crippen molar-refractivity contribution in [2.75, 3.05) is 18.1 Å². The zero-order valence-electron chi connectivity index (χ0n) is 13.0. The van der Waals surface area contributed by atoms with Crippen LogP contribution in [-0.4, -0.2) is 30.1 Å². The number of para-hydroxylation sites is 2. The summed E-state index contributed by atoms with van der Waals surface area (Å²) >= 11 is 0. The lowest BCUT2D eigenvalue weighted by atomic mass is 9.92. The van der Waals surface area contributed by atoms with Crippen molar-refractivity contribution in [1.82, 2.24) is 0 Å². The number of anilines is 1. The molecular weight excluding hydrogens is 306 g/mol. The van der Waals surface area contributed by atoms with Crippen LogP contribution in [0.4, 0.5) is 5.69 Å². The number of hydrogen-bond donors (Lipinski definition) is 1. The molecule has 2 aromatic rings. The number of benzene rings is 2. The van der Waals surface area contributed by atoms with Gasteiger partial charge in [-0.3, -0.25) is 9.59 Å². The van der Waals surface area contributed by atoms with E-state index in [9.17, 15) is 14.7 Å². The highest BCUT2D eigenvalue weighted by molar-refractivity contribution is 6.02. The van der Waals surface area contributed by atoms with Crippen molar-refractivity contribution in [2.24, 2.45) is 0 Å². The molecule has 24 heavy (non-hydrogen) atoms. The second-order valence-electron chi connectivity index (χ2n) is 6.13. The van der Waals surface area contributed by atoms with Crippen LogP contribution in [0.3, 0.4) is 0 Å². The lowest BCUT2D eigenvalue weighted by Gasteiger charge is -2.29. The molecule has 2 atom stereocenters. The summed E-state index contributed by atoms with van der Waals surface area (Å²) in [5.74, 6) is -1.17. The van der Waals surface area contributed by atoms with Crippen LogP contribution in [0.2, 0.25) is 0 Å². The number of rotatable bonds is 2. The Morgan fingerprint density at radius 2 is 1.71 bits per heavy atom. The highest BCUT2D eigenvalue weighted by atomic mass is 16.5. The van der Waals surface area contributed by atoms with E-state index in [1.807, 2.05) is 42.5 Å². The third kappa shape index (κ3) is 2.24. The van der Waals surface area contributed by atoms with E-state index < -0.39 is 11.9 Å². The number of nitrogens with zero attached hydrogens (tertiary/aromatic N) is 1. The van der Waals surface area contributed by atoms with E-state index in [2.05, 4.69) is 0 Å². The zero-order valence-corrected chi connectivity index (χ0v) is 13.0. The fourth-order valence-electron chi connectivity index (χ4n) is 3.61. The molecule has 2 aliphatic heterocycles. The maximum absolute atomic E-state index is 13.2. The van der Waals surface area contributed by atoms with E-state index in [4.69, 9.17) is 4.74 Å². The number of carbonyl (C=O) groups excluding carboxylic acids is 1. The topological polar surface area (TPSA) is 66.8 Å². The number of ether oxygens (including phenoxy) is 1. The Bertz CT molecular complexity index is 817. The summed E-state index contributed by atoms with van der Waals surface area (Å²) < 4.78 is 5.63. The molecule has 0 unspecified atom stereocenters. The maximum Gasteiger partial charge on any atom is 0.312 e. The summed E-state index contributed by atoms with van der Waals surface area (Å²) in [6.07, 6.45) is 0.603. The summed E-state index contributed by atoms with van der Waals surface area (Å²) in [7, 11) is 0. The minimum absolute atomic E-state index is 0.0537. The zero-order chi connectivity index (χ0) is 16.7. The smallest absolute Gasteiger partial charge is 0.312 e. The Balaban J connectivity index is 1.71. The van der Waals surface area contributed by atoms with Crippen LogP contribution in [0.5, 0.6) is 5.75 Å². The van der Waals surface area contributed by atoms with Gasteiger partial charge in [-0.1, -0.05) is 36.4 Å². The van der Waals surface area contributed by atoms with Crippen molar-refractivity contribution in [3.8, 4) is 5.75 Å². The first-order valence-corrected chi connectivity index (χ1v) is 8.01. The largest absolute Gasteiger partial charge is 0.493 e. The van der Waals surface area contributed by atoms with Gasteiger partial charge in [-0.25, -0.2) is 0 Å². The van der Waals surface area contributed by atoms with E-state index >= 15 is 0 Å². The van der Waals surface area contributed by atoms with Crippen molar-refractivity contribution >= 4 is 17.6 Å². The molecule has 0 radical (unpaired) electrons. The lowest BCUT2D eigenvalue weighted by Crippen LogP contribution is -2.37. The van der Waals surface area contributed by atoms with Crippen LogP contribution in [0, 0.1) is 0 Å². The van der Waals surface area contributed by atoms with Gasteiger partial charge in [0.25, 0.3) is 0 Å². The first-order valence-electron chi connectivity index (χ1n) is 8.01. The van der Waals surface area contributed by atoms with Gasteiger partial charge in [0.2, 0.25) is 5.91 Å². The number of carboxylic acid groups (broad SMARTS) is 1. The fourth-order valence-corrected chi connectivity index (χ4v) is 3.61. The molecule has 0 aromatic heterocycles. The second-order valence-corrected chi connectivity index (χ2v) is 6.13. The Labute approximate surface area is 139 Å². The molecule has 0 spiro atoms. The first-order chi connectivity index (χ1) is 11.7. The van der Waals surface area contributed by atoms with E-state index in [0.717, 1.165) is 11.3 Å². The van der Waals surface area contributed by atoms with Gasteiger partial charge >= 0.3 is 5.97 Å². The third-order valence-electron chi connectivity index (χ3n) is 4.79. The van der Waals surface area contributed by atoms with Crippen molar-refractivity contribution in [3.05, 3.63) is 59.7 Å². The van der Waals surface area contributed by atoms with Crippen LogP contribution >= 0.6 is 0 Å². The molecule has 5 heteroatoms. The van der Waals surface area contributed by atoms with Crippen LogP contribution in [0.25, 0.3) is 0 Å². The van der Waals surface area contributed by atoms with Gasteiger partial charge < -0.3 is 14.7 Å². The molecule has 2 aliphatic rings. The van der Waals surface area contributed by atoms with Crippen molar-refractivity contribution < 1.29 is 19.4 Å². The summed E-state index contributed by atoms with van der Waals surface area (Å²) in [5.41, 5.74) is 2.29. The summed E-state index contributed by atoms with van der Waals surface area (Å²) in [6, 6.07) is 14.8. The van der Waals surface area contributed by atoms with E-state index in [1.54, 1.807) is 11.0 Å². The molecule has 0 bridgehead atoms. The standard InChI is InChI=1S/C19H17NO4/c21-18(14-9-10-24-17-8-4-2-6-13(14)17)20-11-15(19(22)23)12-5-1-3-7-16(12)20/h1-8,14-15H,9-11H2,(H,22,23)/t14-,15-/m0/s1. The molecular formula is C19H17NO4. The molecule has 2 aromatic carbocycles. The second kappa shape index (κ2) is 5.67. The average molecular weight is 323 g/mol. The highest BCUT2D eigenvalue weighted by Gasteiger charge is 2.40. The molecule has 4 rings (SSSR count). The Morgan fingerprint density at radius 1 is 1.00 bits per heavy atom. The number of amides is 1. The Morgan fingerprint density at radius 3 is 2.50 bits per heavy atom. The molecule has 0 saturated heterocycles. The number of aliphatic carboxylic acids is 1. The predicted molar refractivity (Wildman–Crippen MR) is 88.5 cm³/mol. The predicted octanol–water partition coefficient (Wildman–Crippen LogP) is 2.77. The van der Waals surface area contributed by atoms with Crippen LogP contribution in [0.15, 0.2) is 48.5 Å². The number of carboxylic acids is 1. The molecule has 1 N–H and O–H groups in total. The van der Waals surface area contributed by atoms with Gasteiger partial charge in [0.05, 0.1) is 12.5 Å². The van der Waals surface area contributed by atoms with Gasteiger partial charge in [0, 0.05) is 17.8 Å². The minimum Gasteiger partial charge on any atom is -0.493 e. The lowest BCUT2D eigenvalue weighted by molar-refractivity contribution is -0.138. The monoisotopic (exact) mass is 323 g/mol. The highest BCUT2D eigenvalue weighted by Crippen LogP contribution is 2.41. The van der Waals surface area contributed by atoms with Crippen molar-refractivity contribution in [2.45, 2.75) is 18.3 Å². The minimum atomic E-state index is -0.898. The third-order valence-corrected chi connectivity index (χ3v) is 4.79. The summed E-state index contributed by atoms with van der Waals surface area (Å²) in [6.45, 7) is 0.679. The van der Waals surface area contributed by atoms with E-state index in [0.29, 0.717) is 24.3 Å². The van der Waals surface area contributed by atoms with E-state index in [1.165, 1.54) is 0 Å².